The summed E-state index contributed by atoms with van der Waals surface area (Å²) in [4.78, 5) is 33.0. The number of benzene rings is 2. The Morgan fingerprint density at radius 1 is 1.12 bits per heavy atom. The van der Waals surface area contributed by atoms with E-state index >= 15 is 0 Å². The van der Waals surface area contributed by atoms with Gasteiger partial charge in [-0.15, -0.1) is 0 Å². The first-order chi connectivity index (χ1) is 15.7. The number of hydrogen-bond acceptors (Lipinski definition) is 6. The van der Waals surface area contributed by atoms with Crippen LogP contribution in [0.2, 0.25) is 0 Å². The maximum Gasteiger partial charge on any atom is 0.273 e. The lowest BCUT2D eigenvalue weighted by molar-refractivity contribution is -0.124. The van der Waals surface area contributed by atoms with Crippen LogP contribution in [0.25, 0.3) is 11.3 Å². The predicted octanol–water partition coefficient (Wildman–Crippen LogP) is 2.99. The Balaban J connectivity index is 1.86. The van der Waals surface area contributed by atoms with Gasteiger partial charge >= 0.3 is 0 Å². The standard InChI is InChI=1S/C23H23F2N5O3/c1-3-12-9-16(29-23(33)20(31)13-7-14(24)10-15(25)8-13)5-6-17(12)18-11-28-21(26)19(30-18)22(32)27-4-2/h5-11,20,31H,3-4H2,1-2H3,(H2,26,28)(H,27,32)(H,29,33). The van der Waals surface area contributed by atoms with Crippen LogP contribution in [0.4, 0.5) is 20.3 Å². The molecule has 0 aliphatic heterocycles. The van der Waals surface area contributed by atoms with E-state index in [9.17, 15) is 23.5 Å². The van der Waals surface area contributed by atoms with Gasteiger partial charge in [-0.25, -0.2) is 18.7 Å². The number of nitrogens with one attached hydrogen (secondary N) is 2. The lowest BCUT2D eigenvalue weighted by Crippen LogP contribution is -2.25. The monoisotopic (exact) mass is 455 g/mol. The average molecular weight is 455 g/mol. The molecule has 8 nitrogen and oxygen atoms in total. The number of nitrogen functional groups attached to an aromatic ring is 1. The molecule has 1 aromatic heterocycles. The minimum atomic E-state index is -1.76. The van der Waals surface area contributed by atoms with Crippen molar-refractivity contribution in [2.45, 2.75) is 26.4 Å². The average Bonchev–Trinajstić information content (AvgIpc) is 2.78. The first-order valence-corrected chi connectivity index (χ1v) is 10.2. The van der Waals surface area contributed by atoms with Crippen LogP contribution in [0.5, 0.6) is 0 Å². The molecular formula is C23H23F2N5O3. The molecular weight excluding hydrogens is 432 g/mol. The van der Waals surface area contributed by atoms with E-state index in [1.165, 1.54) is 6.20 Å². The van der Waals surface area contributed by atoms with E-state index in [0.29, 0.717) is 36.0 Å². The van der Waals surface area contributed by atoms with Crippen LogP contribution in [0.1, 0.15) is 41.6 Å². The van der Waals surface area contributed by atoms with Gasteiger partial charge in [0.2, 0.25) is 0 Å². The molecule has 2 amide bonds. The smallest absolute Gasteiger partial charge is 0.273 e. The zero-order valence-electron chi connectivity index (χ0n) is 18.0. The number of aliphatic hydroxyl groups excluding tert-OH is 1. The number of aryl methyl sites for hydroxylation is 1. The molecule has 0 radical (unpaired) electrons. The molecule has 172 valence electrons. The fourth-order valence-corrected chi connectivity index (χ4v) is 3.25. The van der Waals surface area contributed by atoms with Crippen molar-refractivity contribution >= 4 is 23.3 Å². The molecule has 0 saturated heterocycles. The number of amides is 2. The van der Waals surface area contributed by atoms with Gasteiger partial charge in [0, 0.05) is 23.9 Å². The van der Waals surface area contributed by atoms with Crippen LogP contribution in [0.3, 0.4) is 0 Å². The van der Waals surface area contributed by atoms with E-state index in [-0.39, 0.29) is 17.1 Å². The highest BCUT2D eigenvalue weighted by Gasteiger charge is 2.20. The summed E-state index contributed by atoms with van der Waals surface area (Å²) < 4.78 is 26.8. The Morgan fingerprint density at radius 2 is 1.82 bits per heavy atom. The van der Waals surface area contributed by atoms with Crippen molar-refractivity contribution in [1.82, 2.24) is 15.3 Å². The van der Waals surface area contributed by atoms with E-state index in [4.69, 9.17) is 5.73 Å². The summed E-state index contributed by atoms with van der Waals surface area (Å²) in [6.45, 7) is 4.08. The fourth-order valence-electron chi connectivity index (χ4n) is 3.25. The zero-order valence-corrected chi connectivity index (χ0v) is 18.0. The number of aliphatic hydroxyl groups is 1. The summed E-state index contributed by atoms with van der Waals surface area (Å²) in [5, 5.41) is 15.4. The molecule has 0 fully saturated rings. The van der Waals surface area contributed by atoms with Crippen molar-refractivity contribution in [3.8, 4) is 11.3 Å². The first-order valence-electron chi connectivity index (χ1n) is 10.2. The number of nitrogens with two attached hydrogens (primary N) is 1. The summed E-state index contributed by atoms with van der Waals surface area (Å²) in [5.74, 6) is -3.07. The highest BCUT2D eigenvalue weighted by molar-refractivity contribution is 5.97. The van der Waals surface area contributed by atoms with E-state index < -0.39 is 29.6 Å². The van der Waals surface area contributed by atoms with Crippen molar-refractivity contribution in [2.75, 3.05) is 17.6 Å². The number of halogens is 2. The van der Waals surface area contributed by atoms with Gasteiger partial charge in [-0.1, -0.05) is 13.0 Å². The van der Waals surface area contributed by atoms with Crippen LogP contribution in [-0.4, -0.2) is 33.4 Å². The maximum absolute atomic E-state index is 13.4. The molecule has 3 rings (SSSR count). The lowest BCUT2D eigenvalue weighted by Gasteiger charge is -2.15. The van der Waals surface area contributed by atoms with E-state index in [2.05, 4.69) is 20.6 Å². The predicted molar refractivity (Wildman–Crippen MR) is 119 cm³/mol. The number of carbonyl (C=O) groups excluding carboxylic acids is 2. The van der Waals surface area contributed by atoms with Crippen LogP contribution in [0.15, 0.2) is 42.6 Å². The third kappa shape index (κ3) is 5.47. The van der Waals surface area contributed by atoms with Crippen molar-refractivity contribution in [1.29, 1.82) is 0 Å². The minimum absolute atomic E-state index is 0.00871. The Kier molecular flexibility index (Phi) is 7.29. The Bertz CT molecular complexity index is 1180. The molecule has 0 aliphatic carbocycles. The summed E-state index contributed by atoms with van der Waals surface area (Å²) in [7, 11) is 0. The van der Waals surface area contributed by atoms with Crippen LogP contribution in [0, 0.1) is 11.6 Å². The summed E-state index contributed by atoms with van der Waals surface area (Å²) in [6, 6.07) is 7.37. The molecule has 2 aromatic carbocycles. The number of carbonyl (C=O) groups is 2. The van der Waals surface area contributed by atoms with Crippen LogP contribution >= 0.6 is 0 Å². The van der Waals surface area contributed by atoms with Gasteiger partial charge in [0.05, 0.1) is 11.9 Å². The zero-order chi connectivity index (χ0) is 24.1. The minimum Gasteiger partial charge on any atom is -0.382 e. The number of hydrogen-bond donors (Lipinski definition) is 4. The van der Waals surface area contributed by atoms with E-state index in [1.54, 1.807) is 25.1 Å². The quantitative estimate of drug-likeness (QED) is 0.433. The molecule has 1 heterocycles. The lowest BCUT2D eigenvalue weighted by atomic mass is 10.0. The van der Waals surface area contributed by atoms with Gasteiger partial charge < -0.3 is 21.5 Å². The second-order valence-electron chi connectivity index (χ2n) is 7.17. The van der Waals surface area contributed by atoms with Crippen molar-refractivity contribution in [3.05, 3.63) is 71.1 Å². The number of anilines is 2. The molecule has 1 unspecified atom stereocenters. The molecule has 3 aromatic rings. The molecule has 1 atom stereocenters. The van der Waals surface area contributed by atoms with Gasteiger partial charge in [-0.2, -0.15) is 0 Å². The van der Waals surface area contributed by atoms with Crippen molar-refractivity contribution < 1.29 is 23.5 Å². The largest absolute Gasteiger partial charge is 0.382 e. The highest BCUT2D eigenvalue weighted by atomic mass is 19.1. The van der Waals surface area contributed by atoms with Gasteiger partial charge in [-0.05, 0) is 48.7 Å². The summed E-state index contributed by atoms with van der Waals surface area (Å²) >= 11 is 0. The normalized spacial score (nSPS) is 11.7. The SMILES string of the molecule is CCNC(=O)c1nc(-c2ccc(NC(=O)C(O)c3cc(F)cc(F)c3)cc2CC)cnc1N. The Morgan fingerprint density at radius 3 is 2.45 bits per heavy atom. The van der Waals surface area contributed by atoms with Crippen LogP contribution < -0.4 is 16.4 Å². The summed E-state index contributed by atoms with van der Waals surface area (Å²) in [6.07, 6.45) is 0.245. The highest BCUT2D eigenvalue weighted by Crippen LogP contribution is 2.27. The van der Waals surface area contributed by atoms with E-state index in [0.717, 1.165) is 17.7 Å². The number of aromatic nitrogens is 2. The molecule has 0 bridgehead atoms. The molecule has 33 heavy (non-hydrogen) atoms. The second kappa shape index (κ2) is 10.1. The Hall–Kier alpha value is -3.92. The molecule has 5 N–H and O–H groups in total. The third-order valence-corrected chi connectivity index (χ3v) is 4.83. The third-order valence-electron chi connectivity index (χ3n) is 4.83. The molecule has 0 spiro atoms. The molecule has 0 saturated carbocycles. The second-order valence-corrected chi connectivity index (χ2v) is 7.17. The fraction of sp³-hybridized carbons (Fsp3) is 0.217. The summed E-state index contributed by atoms with van der Waals surface area (Å²) in [5.41, 5.74) is 7.85. The molecule has 10 heteroatoms. The van der Waals surface area contributed by atoms with Gasteiger partial charge in [0.1, 0.15) is 11.6 Å². The van der Waals surface area contributed by atoms with E-state index in [1.807, 2.05) is 6.92 Å². The molecule has 0 aliphatic rings. The topological polar surface area (TPSA) is 130 Å². The van der Waals surface area contributed by atoms with Crippen molar-refractivity contribution in [3.63, 3.8) is 0 Å². The number of nitrogens with zero attached hydrogens (tertiary/aromatic N) is 2. The van der Waals surface area contributed by atoms with Crippen molar-refractivity contribution in [2.24, 2.45) is 0 Å². The van der Waals surface area contributed by atoms with Gasteiger partial charge in [-0.3, -0.25) is 9.59 Å². The maximum atomic E-state index is 13.4. The first kappa shape index (κ1) is 23.7. The number of rotatable bonds is 7. The van der Waals surface area contributed by atoms with Gasteiger partial charge in [0.15, 0.2) is 17.6 Å². The van der Waals surface area contributed by atoms with Crippen LogP contribution in [-0.2, 0) is 11.2 Å². The Labute approximate surface area is 188 Å². The van der Waals surface area contributed by atoms with Gasteiger partial charge in [0.25, 0.3) is 11.8 Å².